The van der Waals surface area contributed by atoms with Crippen LogP contribution in [0.1, 0.15) is 48.5 Å². The lowest BCUT2D eigenvalue weighted by Crippen LogP contribution is -2.54. The zero-order valence-electron chi connectivity index (χ0n) is 12.7. The Labute approximate surface area is 111 Å². The predicted octanol–water partition coefficient (Wildman–Crippen LogP) is 2.91. The zero-order chi connectivity index (χ0) is 14.1. The molecule has 104 valence electrons. The molecular weight excluding hydrogens is 226 g/mol. The molecular formula is C15H27NO2. The summed E-state index contributed by atoms with van der Waals surface area (Å²) >= 11 is 0. The molecule has 0 bridgehead atoms. The maximum absolute atomic E-state index is 12.2. The summed E-state index contributed by atoms with van der Waals surface area (Å²) in [6, 6.07) is -0.0512. The minimum atomic E-state index is -0.434. The summed E-state index contributed by atoms with van der Waals surface area (Å²) < 4.78 is 5.47. The van der Waals surface area contributed by atoms with Gasteiger partial charge in [-0.15, -0.1) is 0 Å². The van der Waals surface area contributed by atoms with Gasteiger partial charge in [0, 0.05) is 12.0 Å². The first-order valence-corrected chi connectivity index (χ1v) is 6.68. The molecule has 0 amide bonds. The van der Waals surface area contributed by atoms with E-state index in [0.29, 0.717) is 0 Å². The number of rotatable bonds is 1. The van der Waals surface area contributed by atoms with Gasteiger partial charge >= 0.3 is 5.97 Å². The number of hydrogen-bond acceptors (Lipinski definition) is 3. The Bertz CT molecular complexity index is 333. The Balaban J connectivity index is 2.78. The fourth-order valence-corrected chi connectivity index (χ4v) is 1.98. The summed E-state index contributed by atoms with van der Waals surface area (Å²) in [7, 11) is 0. The molecule has 0 aromatic heterocycles. The molecule has 0 radical (unpaired) electrons. The molecule has 0 spiro atoms. The van der Waals surface area contributed by atoms with Crippen LogP contribution in [0.15, 0.2) is 12.2 Å². The van der Waals surface area contributed by atoms with Crippen molar-refractivity contribution < 1.29 is 9.53 Å². The van der Waals surface area contributed by atoms with E-state index in [2.05, 4.69) is 38.2 Å². The highest BCUT2D eigenvalue weighted by Gasteiger charge is 2.35. The van der Waals surface area contributed by atoms with Gasteiger partial charge in [0.25, 0.3) is 0 Å². The lowest BCUT2D eigenvalue weighted by molar-refractivity contribution is -0.159. The average Bonchev–Trinajstić information content (AvgIpc) is 2.13. The Morgan fingerprint density at radius 1 is 1.11 bits per heavy atom. The topological polar surface area (TPSA) is 38.3 Å². The van der Waals surface area contributed by atoms with Crippen molar-refractivity contribution in [3.8, 4) is 0 Å². The van der Waals surface area contributed by atoms with E-state index >= 15 is 0 Å². The molecule has 0 saturated carbocycles. The first-order chi connectivity index (χ1) is 8.00. The molecule has 1 unspecified atom stereocenters. The maximum atomic E-state index is 12.2. The van der Waals surface area contributed by atoms with E-state index in [1.165, 1.54) is 0 Å². The van der Waals surface area contributed by atoms with Crippen LogP contribution in [0, 0.1) is 11.3 Å². The van der Waals surface area contributed by atoms with Crippen molar-refractivity contribution in [3.05, 3.63) is 12.2 Å². The molecule has 0 saturated heterocycles. The number of hydrogen-bond donors (Lipinski definition) is 1. The van der Waals surface area contributed by atoms with E-state index < -0.39 is 5.60 Å². The van der Waals surface area contributed by atoms with Crippen molar-refractivity contribution in [3.63, 3.8) is 0 Å². The van der Waals surface area contributed by atoms with E-state index in [4.69, 9.17) is 4.74 Å². The molecule has 1 aliphatic rings. The lowest BCUT2D eigenvalue weighted by atomic mass is 9.82. The van der Waals surface area contributed by atoms with E-state index in [-0.39, 0.29) is 29.4 Å². The second-order valence-corrected chi connectivity index (χ2v) is 7.27. The Morgan fingerprint density at radius 2 is 1.67 bits per heavy atom. The Hall–Kier alpha value is -0.830. The van der Waals surface area contributed by atoms with Crippen LogP contribution < -0.4 is 5.32 Å². The summed E-state index contributed by atoms with van der Waals surface area (Å²) in [6.07, 6.45) is 4.27. The van der Waals surface area contributed by atoms with Crippen LogP contribution in [-0.2, 0) is 9.53 Å². The van der Waals surface area contributed by atoms with Gasteiger partial charge in [0.2, 0.25) is 0 Å². The van der Waals surface area contributed by atoms with Crippen molar-refractivity contribution in [2.24, 2.45) is 11.3 Å². The molecule has 0 aromatic rings. The molecule has 1 N–H and O–H groups in total. The predicted molar refractivity (Wildman–Crippen MR) is 74.3 cm³/mol. The number of carbonyl (C=O) groups is 1. The molecule has 3 nitrogen and oxygen atoms in total. The number of ether oxygens (including phenoxy) is 1. The highest BCUT2D eigenvalue weighted by Crippen LogP contribution is 2.26. The van der Waals surface area contributed by atoms with E-state index in [9.17, 15) is 4.79 Å². The van der Waals surface area contributed by atoms with Crippen LogP contribution in [-0.4, -0.2) is 23.7 Å². The fourth-order valence-electron chi connectivity index (χ4n) is 1.98. The standard InChI is InChI=1S/C15H27NO2/c1-10-8-9-11(14(2,3)4)16-12(10)13(17)18-15(5,6)7/h8-12,16H,1-7H3/t10-,11-,12?/m0/s1. The van der Waals surface area contributed by atoms with Crippen LogP contribution in [0.25, 0.3) is 0 Å². The number of esters is 1. The highest BCUT2D eigenvalue weighted by atomic mass is 16.6. The van der Waals surface area contributed by atoms with Crippen molar-refractivity contribution in [1.29, 1.82) is 0 Å². The summed E-state index contributed by atoms with van der Waals surface area (Å²) in [5.74, 6) is 0.00653. The average molecular weight is 253 g/mol. The van der Waals surface area contributed by atoms with Gasteiger partial charge in [-0.1, -0.05) is 39.8 Å². The monoisotopic (exact) mass is 253 g/mol. The molecule has 0 fully saturated rings. The molecule has 1 heterocycles. The van der Waals surface area contributed by atoms with Crippen molar-refractivity contribution >= 4 is 5.97 Å². The van der Waals surface area contributed by atoms with Crippen LogP contribution in [0.5, 0.6) is 0 Å². The minimum absolute atomic E-state index is 0.0941. The third-order valence-corrected chi connectivity index (χ3v) is 3.09. The smallest absolute Gasteiger partial charge is 0.324 e. The van der Waals surface area contributed by atoms with Gasteiger partial charge in [-0.25, -0.2) is 0 Å². The zero-order valence-corrected chi connectivity index (χ0v) is 12.7. The van der Waals surface area contributed by atoms with Crippen molar-refractivity contribution in [2.75, 3.05) is 0 Å². The lowest BCUT2D eigenvalue weighted by Gasteiger charge is -2.38. The first-order valence-electron chi connectivity index (χ1n) is 6.68. The van der Waals surface area contributed by atoms with Gasteiger partial charge in [0.1, 0.15) is 11.6 Å². The summed E-state index contributed by atoms with van der Waals surface area (Å²) in [4.78, 5) is 12.2. The summed E-state index contributed by atoms with van der Waals surface area (Å²) in [5, 5.41) is 3.40. The second kappa shape index (κ2) is 5.04. The molecule has 3 heteroatoms. The largest absolute Gasteiger partial charge is 0.459 e. The molecule has 18 heavy (non-hydrogen) atoms. The van der Waals surface area contributed by atoms with Crippen LogP contribution >= 0.6 is 0 Å². The van der Waals surface area contributed by atoms with Gasteiger partial charge in [0.15, 0.2) is 0 Å². The minimum Gasteiger partial charge on any atom is -0.459 e. The molecule has 1 rings (SSSR count). The third-order valence-electron chi connectivity index (χ3n) is 3.09. The Morgan fingerprint density at radius 3 is 2.11 bits per heavy atom. The van der Waals surface area contributed by atoms with Crippen molar-refractivity contribution in [2.45, 2.75) is 66.2 Å². The van der Waals surface area contributed by atoms with Crippen LogP contribution in [0.3, 0.4) is 0 Å². The van der Waals surface area contributed by atoms with Gasteiger partial charge in [-0.3, -0.25) is 10.1 Å². The van der Waals surface area contributed by atoms with Gasteiger partial charge in [-0.05, 0) is 26.2 Å². The molecule has 3 atom stereocenters. The van der Waals surface area contributed by atoms with E-state index in [1.807, 2.05) is 27.7 Å². The van der Waals surface area contributed by atoms with Gasteiger partial charge in [0.05, 0.1) is 0 Å². The maximum Gasteiger partial charge on any atom is 0.324 e. The SMILES string of the molecule is C[C@H]1C=C[C@@H](C(C)(C)C)NC1C(=O)OC(C)(C)C. The first kappa shape index (κ1) is 15.2. The summed E-state index contributed by atoms with van der Waals surface area (Å²) in [6.45, 7) is 14.2. The van der Waals surface area contributed by atoms with E-state index in [0.717, 1.165) is 0 Å². The molecule has 1 aliphatic heterocycles. The van der Waals surface area contributed by atoms with Crippen LogP contribution in [0.2, 0.25) is 0 Å². The number of carbonyl (C=O) groups excluding carboxylic acids is 1. The number of nitrogens with one attached hydrogen (secondary N) is 1. The third kappa shape index (κ3) is 4.13. The summed E-state index contributed by atoms with van der Waals surface area (Å²) in [5.41, 5.74) is -0.340. The molecule has 0 aliphatic carbocycles. The Kier molecular flexibility index (Phi) is 4.26. The van der Waals surface area contributed by atoms with Crippen molar-refractivity contribution in [1.82, 2.24) is 5.32 Å². The van der Waals surface area contributed by atoms with Gasteiger partial charge < -0.3 is 4.74 Å². The molecule has 0 aromatic carbocycles. The quantitative estimate of drug-likeness (QED) is 0.577. The fraction of sp³-hybridized carbons (Fsp3) is 0.800. The second-order valence-electron chi connectivity index (χ2n) is 7.27. The van der Waals surface area contributed by atoms with Gasteiger partial charge in [-0.2, -0.15) is 0 Å². The van der Waals surface area contributed by atoms with Crippen LogP contribution in [0.4, 0.5) is 0 Å². The van der Waals surface area contributed by atoms with E-state index in [1.54, 1.807) is 0 Å². The highest BCUT2D eigenvalue weighted by molar-refractivity contribution is 5.77. The normalized spacial score (nSPS) is 29.2.